The number of nitrogens with zero attached hydrogens (tertiary/aromatic N) is 3. The Kier molecular flexibility index (Phi) is 7.19. The summed E-state index contributed by atoms with van der Waals surface area (Å²) >= 11 is 3.49. The number of ether oxygens (including phenoxy) is 2. The molecule has 0 saturated carbocycles. The van der Waals surface area contributed by atoms with E-state index in [0.29, 0.717) is 22.7 Å². The zero-order chi connectivity index (χ0) is 22.2. The number of methoxy groups -OCH3 is 1. The summed E-state index contributed by atoms with van der Waals surface area (Å²) in [7, 11) is 1.54. The lowest BCUT2D eigenvalue weighted by Gasteiger charge is -2.13. The molecule has 0 aliphatic rings. The van der Waals surface area contributed by atoms with E-state index in [1.165, 1.54) is 19.2 Å². The number of hydrogen-bond donors (Lipinski definition) is 1. The highest BCUT2D eigenvalue weighted by Crippen LogP contribution is 2.33. The molecule has 0 aromatic heterocycles. The number of benzene rings is 3. The van der Waals surface area contributed by atoms with Crippen molar-refractivity contribution >= 4 is 33.5 Å². The van der Waals surface area contributed by atoms with Crippen molar-refractivity contribution in [1.29, 1.82) is 5.26 Å². The Morgan fingerprint density at radius 3 is 2.61 bits per heavy atom. The van der Waals surface area contributed by atoms with Gasteiger partial charge in [0.05, 0.1) is 35.6 Å². The number of rotatable bonds is 8. The zero-order valence-electron chi connectivity index (χ0n) is 16.4. The van der Waals surface area contributed by atoms with Crippen LogP contribution in [0.25, 0.3) is 0 Å². The standard InChI is InChI=1S/C22H17BrN4O4/c1-30-21-10-17(13-25-26-18-6-8-19(9-7-18)27(28)29)20(23)11-22(21)31-14-16-5-3-2-4-15(16)12-24/h2-11,13,26H,14H2,1H3. The summed E-state index contributed by atoms with van der Waals surface area (Å²) in [6, 6.07) is 18.8. The lowest BCUT2D eigenvalue weighted by Crippen LogP contribution is -2.01. The van der Waals surface area contributed by atoms with E-state index < -0.39 is 4.92 Å². The molecule has 0 spiro atoms. The summed E-state index contributed by atoms with van der Waals surface area (Å²) in [5.41, 5.74) is 5.51. The van der Waals surface area contributed by atoms with Crippen molar-refractivity contribution in [3.8, 4) is 17.6 Å². The lowest BCUT2D eigenvalue weighted by atomic mass is 10.1. The molecule has 0 bridgehead atoms. The van der Waals surface area contributed by atoms with E-state index in [4.69, 9.17) is 9.47 Å². The first-order chi connectivity index (χ1) is 15.0. The molecule has 3 aromatic carbocycles. The van der Waals surface area contributed by atoms with Gasteiger partial charge in [-0.1, -0.05) is 18.2 Å². The normalized spacial score (nSPS) is 10.5. The number of anilines is 1. The molecule has 0 fully saturated rings. The maximum absolute atomic E-state index is 10.7. The minimum absolute atomic E-state index is 0.00925. The number of halogens is 1. The zero-order valence-corrected chi connectivity index (χ0v) is 18.0. The Balaban J connectivity index is 1.72. The molecular formula is C22H17BrN4O4. The van der Waals surface area contributed by atoms with E-state index in [9.17, 15) is 15.4 Å². The van der Waals surface area contributed by atoms with Crippen LogP contribution in [0.1, 0.15) is 16.7 Å². The molecule has 0 heterocycles. The van der Waals surface area contributed by atoms with Crippen LogP contribution in [-0.4, -0.2) is 18.2 Å². The first-order valence-corrected chi connectivity index (χ1v) is 9.83. The minimum Gasteiger partial charge on any atom is -0.493 e. The largest absolute Gasteiger partial charge is 0.493 e. The van der Waals surface area contributed by atoms with E-state index in [-0.39, 0.29) is 12.3 Å². The lowest BCUT2D eigenvalue weighted by molar-refractivity contribution is -0.384. The molecule has 1 N–H and O–H groups in total. The number of hydrazone groups is 1. The van der Waals surface area contributed by atoms with Gasteiger partial charge in [0.15, 0.2) is 11.5 Å². The predicted molar refractivity (Wildman–Crippen MR) is 120 cm³/mol. The fourth-order valence-electron chi connectivity index (χ4n) is 2.67. The van der Waals surface area contributed by atoms with E-state index in [2.05, 4.69) is 32.5 Å². The third-order valence-corrected chi connectivity index (χ3v) is 4.97. The number of nitriles is 1. The summed E-state index contributed by atoms with van der Waals surface area (Å²) in [4.78, 5) is 10.3. The fraction of sp³-hybridized carbons (Fsp3) is 0.0909. The molecule has 0 radical (unpaired) electrons. The molecule has 0 atom stereocenters. The van der Waals surface area contributed by atoms with Gasteiger partial charge in [0, 0.05) is 27.7 Å². The number of hydrogen-bond acceptors (Lipinski definition) is 7. The van der Waals surface area contributed by atoms with Crippen molar-refractivity contribution in [2.45, 2.75) is 6.61 Å². The number of nitro benzene ring substituents is 1. The van der Waals surface area contributed by atoms with Crippen LogP contribution in [0.2, 0.25) is 0 Å². The van der Waals surface area contributed by atoms with Gasteiger partial charge in [0.25, 0.3) is 5.69 Å². The fourth-order valence-corrected chi connectivity index (χ4v) is 3.09. The summed E-state index contributed by atoms with van der Waals surface area (Å²) in [6.45, 7) is 0.224. The summed E-state index contributed by atoms with van der Waals surface area (Å²) in [5, 5.41) is 24.1. The molecule has 156 valence electrons. The van der Waals surface area contributed by atoms with Gasteiger partial charge in [-0.05, 0) is 46.3 Å². The number of non-ortho nitro benzene ring substituents is 1. The second-order valence-electron chi connectivity index (χ2n) is 6.26. The van der Waals surface area contributed by atoms with Gasteiger partial charge in [-0.3, -0.25) is 15.5 Å². The first kappa shape index (κ1) is 21.8. The van der Waals surface area contributed by atoms with Crippen molar-refractivity contribution in [2.24, 2.45) is 5.10 Å². The van der Waals surface area contributed by atoms with E-state index >= 15 is 0 Å². The second-order valence-corrected chi connectivity index (χ2v) is 7.11. The molecule has 3 rings (SSSR count). The average Bonchev–Trinajstić information content (AvgIpc) is 2.79. The van der Waals surface area contributed by atoms with Gasteiger partial charge in [-0.15, -0.1) is 0 Å². The van der Waals surface area contributed by atoms with Gasteiger partial charge in [0.1, 0.15) is 6.61 Å². The van der Waals surface area contributed by atoms with Crippen LogP contribution in [0.3, 0.4) is 0 Å². The minimum atomic E-state index is -0.459. The third-order valence-electron chi connectivity index (χ3n) is 4.28. The quantitative estimate of drug-likeness (QED) is 0.267. The molecular weight excluding hydrogens is 464 g/mol. The highest BCUT2D eigenvalue weighted by molar-refractivity contribution is 9.10. The highest BCUT2D eigenvalue weighted by atomic mass is 79.9. The Morgan fingerprint density at radius 1 is 1.19 bits per heavy atom. The van der Waals surface area contributed by atoms with Gasteiger partial charge in [-0.25, -0.2) is 0 Å². The predicted octanol–water partition coefficient (Wildman–Crippen LogP) is 5.26. The topological polar surface area (TPSA) is 110 Å². The maximum Gasteiger partial charge on any atom is 0.269 e. The molecule has 31 heavy (non-hydrogen) atoms. The average molecular weight is 481 g/mol. The number of nitro groups is 1. The molecule has 0 aliphatic carbocycles. The van der Waals surface area contributed by atoms with Crippen LogP contribution in [0.4, 0.5) is 11.4 Å². The van der Waals surface area contributed by atoms with E-state index in [1.807, 2.05) is 12.1 Å². The number of nitrogens with one attached hydrogen (secondary N) is 1. The summed E-state index contributed by atoms with van der Waals surface area (Å²) < 4.78 is 12.0. The van der Waals surface area contributed by atoms with Crippen molar-refractivity contribution in [1.82, 2.24) is 0 Å². The van der Waals surface area contributed by atoms with Crippen LogP contribution in [0, 0.1) is 21.4 Å². The van der Waals surface area contributed by atoms with Crippen LogP contribution in [0.5, 0.6) is 11.5 Å². The van der Waals surface area contributed by atoms with Crippen LogP contribution in [-0.2, 0) is 6.61 Å². The van der Waals surface area contributed by atoms with Crippen LogP contribution in [0.15, 0.2) is 70.2 Å². The molecule has 0 saturated heterocycles. The molecule has 0 unspecified atom stereocenters. The van der Waals surface area contributed by atoms with Gasteiger partial charge in [-0.2, -0.15) is 10.4 Å². The smallest absolute Gasteiger partial charge is 0.269 e. The Labute approximate surface area is 187 Å². The Bertz CT molecular complexity index is 1160. The van der Waals surface area contributed by atoms with Crippen LogP contribution >= 0.6 is 15.9 Å². The van der Waals surface area contributed by atoms with Gasteiger partial charge in [0.2, 0.25) is 0 Å². The third kappa shape index (κ3) is 5.58. The maximum atomic E-state index is 10.7. The van der Waals surface area contributed by atoms with Crippen molar-refractivity contribution in [2.75, 3.05) is 12.5 Å². The second kappa shape index (κ2) is 10.2. The SMILES string of the molecule is COc1cc(C=NNc2ccc([N+](=O)[O-])cc2)c(Br)cc1OCc1ccccc1C#N. The first-order valence-electron chi connectivity index (χ1n) is 9.03. The molecule has 3 aromatic rings. The van der Waals surface area contributed by atoms with Crippen LogP contribution < -0.4 is 14.9 Å². The Hall–Kier alpha value is -3.90. The van der Waals surface area contributed by atoms with Crippen molar-refractivity contribution < 1.29 is 14.4 Å². The van der Waals surface area contributed by atoms with E-state index in [1.54, 1.807) is 42.6 Å². The van der Waals surface area contributed by atoms with E-state index in [0.717, 1.165) is 15.6 Å². The molecule has 0 amide bonds. The molecule has 9 heteroatoms. The monoisotopic (exact) mass is 480 g/mol. The van der Waals surface area contributed by atoms with Crippen molar-refractivity contribution in [3.63, 3.8) is 0 Å². The summed E-state index contributed by atoms with van der Waals surface area (Å²) in [5.74, 6) is 1.03. The Morgan fingerprint density at radius 2 is 1.94 bits per heavy atom. The molecule has 0 aliphatic heterocycles. The van der Waals surface area contributed by atoms with Crippen molar-refractivity contribution in [3.05, 3.63) is 91.9 Å². The molecule has 8 nitrogen and oxygen atoms in total. The van der Waals surface area contributed by atoms with Gasteiger partial charge < -0.3 is 9.47 Å². The summed E-state index contributed by atoms with van der Waals surface area (Å²) in [6.07, 6.45) is 1.59. The van der Waals surface area contributed by atoms with Gasteiger partial charge >= 0.3 is 0 Å². The highest BCUT2D eigenvalue weighted by Gasteiger charge is 2.11.